The van der Waals surface area contributed by atoms with Gasteiger partial charge in [0.2, 0.25) is 0 Å². The number of thiophene rings is 1. The van der Waals surface area contributed by atoms with Crippen LogP contribution >= 0.6 is 23.1 Å². The molecule has 1 aliphatic heterocycles. The van der Waals surface area contributed by atoms with E-state index in [-0.39, 0.29) is 17.7 Å². The highest BCUT2D eigenvalue weighted by Gasteiger charge is 2.34. The minimum absolute atomic E-state index is 0.0673. The molecule has 0 bridgehead atoms. The average Bonchev–Trinajstić information content (AvgIpc) is 3.22. The molecular formula is C23H25N5O3S2. The normalized spacial score (nSPS) is 17.8. The van der Waals surface area contributed by atoms with Crippen molar-refractivity contribution in [3.63, 3.8) is 0 Å². The predicted octanol–water partition coefficient (Wildman–Crippen LogP) is 4.24. The van der Waals surface area contributed by atoms with E-state index in [4.69, 9.17) is 14.6 Å². The first-order chi connectivity index (χ1) is 16.1. The second-order valence-corrected chi connectivity index (χ2v) is 9.95. The van der Waals surface area contributed by atoms with Gasteiger partial charge in [0.05, 0.1) is 36.6 Å². The quantitative estimate of drug-likeness (QED) is 0.446. The van der Waals surface area contributed by atoms with Crippen molar-refractivity contribution in [1.29, 1.82) is 0 Å². The monoisotopic (exact) mass is 483 g/mol. The fraction of sp³-hybridized carbons (Fsp3) is 0.391. The third kappa shape index (κ3) is 4.37. The molecule has 8 nitrogen and oxygen atoms in total. The molecule has 1 atom stereocenters. The van der Waals surface area contributed by atoms with Crippen LogP contribution in [0.2, 0.25) is 0 Å². The van der Waals surface area contributed by atoms with Crippen molar-refractivity contribution in [3.8, 4) is 11.5 Å². The molecule has 1 aromatic carbocycles. The molecule has 1 fully saturated rings. The Morgan fingerprint density at radius 2 is 2.00 bits per heavy atom. The molecule has 33 heavy (non-hydrogen) atoms. The van der Waals surface area contributed by atoms with Crippen LogP contribution in [-0.4, -0.2) is 51.4 Å². The molecule has 1 amide bonds. The smallest absolute Gasteiger partial charge is 0.253 e. The lowest BCUT2D eigenvalue weighted by molar-refractivity contribution is -0.130. The summed E-state index contributed by atoms with van der Waals surface area (Å²) in [4.78, 5) is 14.4. The zero-order chi connectivity index (χ0) is 22.9. The van der Waals surface area contributed by atoms with Crippen molar-refractivity contribution in [3.05, 3.63) is 52.0 Å². The van der Waals surface area contributed by atoms with E-state index in [9.17, 15) is 4.79 Å². The molecule has 172 valence electrons. The van der Waals surface area contributed by atoms with Crippen molar-refractivity contribution in [2.24, 2.45) is 12.1 Å². The van der Waals surface area contributed by atoms with Gasteiger partial charge in [0, 0.05) is 19.4 Å². The third-order valence-electron chi connectivity index (χ3n) is 5.90. The van der Waals surface area contributed by atoms with Gasteiger partial charge >= 0.3 is 0 Å². The Hall–Kier alpha value is -2.85. The second-order valence-electron chi connectivity index (χ2n) is 8.06. The highest BCUT2D eigenvalue weighted by Crippen LogP contribution is 2.40. The van der Waals surface area contributed by atoms with Crippen LogP contribution in [0.1, 0.15) is 47.5 Å². The maximum atomic E-state index is 13.3. The molecule has 0 spiro atoms. The Labute approximate surface area is 200 Å². The lowest BCUT2D eigenvalue weighted by Gasteiger charge is -2.22. The van der Waals surface area contributed by atoms with Crippen LogP contribution in [0.5, 0.6) is 11.5 Å². The number of carbonyl (C=O) groups excluding carboxylic acids is 1. The van der Waals surface area contributed by atoms with Crippen LogP contribution in [0.3, 0.4) is 0 Å². The summed E-state index contributed by atoms with van der Waals surface area (Å²) in [6.07, 6.45) is 2.97. The fourth-order valence-corrected chi connectivity index (χ4v) is 5.48. The van der Waals surface area contributed by atoms with Crippen LogP contribution in [0, 0.1) is 0 Å². The molecular weight excluding hydrogens is 458 g/mol. The Balaban J connectivity index is 1.38. The van der Waals surface area contributed by atoms with Crippen molar-refractivity contribution in [1.82, 2.24) is 19.8 Å². The topological polar surface area (TPSA) is 81.8 Å². The summed E-state index contributed by atoms with van der Waals surface area (Å²) >= 11 is 3.03. The number of methoxy groups -OCH3 is 2. The zero-order valence-corrected chi connectivity index (χ0v) is 20.4. The van der Waals surface area contributed by atoms with Crippen LogP contribution in [0.15, 0.2) is 46.0 Å². The van der Waals surface area contributed by atoms with Gasteiger partial charge in [-0.2, -0.15) is 5.10 Å². The number of nitrogens with zero attached hydrogens (tertiary/aromatic N) is 5. The minimum Gasteiger partial charge on any atom is -0.493 e. The summed E-state index contributed by atoms with van der Waals surface area (Å²) in [6, 6.07) is 9.59. The number of ether oxygens (including phenoxy) is 2. The van der Waals surface area contributed by atoms with E-state index >= 15 is 0 Å². The second kappa shape index (κ2) is 9.18. The number of hydrogen-bond acceptors (Lipinski definition) is 8. The SMILES string of the molecule is COc1ccc(C2CC(c3cccs3)=NN2C(=O)CSc2nnc(C3CC3)n2C)cc1OC. The lowest BCUT2D eigenvalue weighted by atomic mass is 10.0. The van der Waals surface area contributed by atoms with Gasteiger partial charge < -0.3 is 14.0 Å². The van der Waals surface area contributed by atoms with Crippen molar-refractivity contribution < 1.29 is 14.3 Å². The number of aromatic nitrogens is 3. The maximum Gasteiger partial charge on any atom is 0.253 e. The fourth-order valence-electron chi connectivity index (χ4n) is 3.99. The first kappa shape index (κ1) is 22.0. The molecule has 5 rings (SSSR count). The first-order valence-electron chi connectivity index (χ1n) is 10.8. The minimum atomic E-state index is -0.212. The van der Waals surface area contributed by atoms with Crippen LogP contribution < -0.4 is 9.47 Å². The predicted molar refractivity (Wildman–Crippen MR) is 128 cm³/mol. The molecule has 3 aromatic rings. The molecule has 0 saturated heterocycles. The van der Waals surface area contributed by atoms with Crippen molar-refractivity contribution in [2.75, 3.05) is 20.0 Å². The van der Waals surface area contributed by atoms with E-state index in [0.29, 0.717) is 23.8 Å². The molecule has 3 heterocycles. The summed E-state index contributed by atoms with van der Waals surface area (Å²) < 4.78 is 12.9. The number of thioether (sulfide) groups is 1. The standard InChI is InChI=1S/C23H25N5O3S2/c1-27-22(14-6-7-14)24-25-23(27)33-13-21(29)28-17(12-16(26-28)20-5-4-10-32-20)15-8-9-18(30-2)19(11-15)31-3/h4-5,8-11,14,17H,6-7,12-13H2,1-3H3. The summed E-state index contributed by atoms with van der Waals surface area (Å²) in [5, 5.41) is 17.7. The van der Waals surface area contributed by atoms with Crippen molar-refractivity contribution in [2.45, 2.75) is 36.4 Å². The summed E-state index contributed by atoms with van der Waals surface area (Å²) in [5.74, 6) is 2.98. The van der Waals surface area contributed by atoms with Gasteiger partial charge in [0.1, 0.15) is 5.82 Å². The Kier molecular flexibility index (Phi) is 6.11. The van der Waals surface area contributed by atoms with Gasteiger partial charge in [-0.25, -0.2) is 5.01 Å². The number of hydrogen-bond donors (Lipinski definition) is 0. The number of benzene rings is 1. The Bertz CT molecular complexity index is 1190. The Morgan fingerprint density at radius 3 is 2.70 bits per heavy atom. The maximum absolute atomic E-state index is 13.3. The molecule has 1 aliphatic carbocycles. The molecule has 0 radical (unpaired) electrons. The van der Waals surface area contributed by atoms with Crippen LogP contribution in [0.25, 0.3) is 0 Å². The van der Waals surface area contributed by atoms with Gasteiger partial charge in [-0.1, -0.05) is 23.9 Å². The van der Waals surface area contributed by atoms with E-state index < -0.39 is 0 Å². The van der Waals surface area contributed by atoms with Crippen LogP contribution in [0.4, 0.5) is 0 Å². The lowest BCUT2D eigenvalue weighted by Crippen LogP contribution is -2.28. The van der Waals surface area contributed by atoms with Gasteiger partial charge in [-0.3, -0.25) is 4.79 Å². The average molecular weight is 484 g/mol. The summed E-state index contributed by atoms with van der Waals surface area (Å²) in [5.41, 5.74) is 1.87. The molecule has 2 aliphatic rings. The van der Waals surface area contributed by atoms with Gasteiger partial charge in [0.25, 0.3) is 5.91 Å². The van der Waals surface area contributed by atoms with E-state index in [0.717, 1.165) is 40.0 Å². The Morgan fingerprint density at radius 1 is 1.18 bits per heavy atom. The number of carbonyl (C=O) groups is 1. The summed E-state index contributed by atoms with van der Waals surface area (Å²) in [6.45, 7) is 0. The van der Waals surface area contributed by atoms with E-state index in [1.165, 1.54) is 11.8 Å². The van der Waals surface area contributed by atoms with Crippen molar-refractivity contribution >= 4 is 34.7 Å². The van der Waals surface area contributed by atoms with Gasteiger partial charge in [-0.05, 0) is 42.0 Å². The number of rotatable bonds is 8. The van der Waals surface area contributed by atoms with E-state index in [1.807, 2.05) is 47.3 Å². The number of hydrazone groups is 1. The number of amides is 1. The summed E-state index contributed by atoms with van der Waals surface area (Å²) in [7, 11) is 5.19. The van der Waals surface area contributed by atoms with Gasteiger partial charge in [0.15, 0.2) is 16.7 Å². The van der Waals surface area contributed by atoms with E-state index in [1.54, 1.807) is 30.6 Å². The highest BCUT2D eigenvalue weighted by atomic mass is 32.2. The largest absolute Gasteiger partial charge is 0.493 e. The molecule has 10 heteroatoms. The molecule has 0 N–H and O–H groups in total. The molecule has 2 aromatic heterocycles. The zero-order valence-electron chi connectivity index (χ0n) is 18.7. The third-order valence-corrected chi connectivity index (χ3v) is 7.82. The molecule has 1 saturated carbocycles. The van der Waals surface area contributed by atoms with E-state index in [2.05, 4.69) is 10.2 Å². The van der Waals surface area contributed by atoms with Crippen LogP contribution in [-0.2, 0) is 11.8 Å². The first-order valence-corrected chi connectivity index (χ1v) is 12.6. The highest BCUT2D eigenvalue weighted by molar-refractivity contribution is 7.99. The van der Waals surface area contributed by atoms with Gasteiger partial charge in [-0.15, -0.1) is 21.5 Å². The molecule has 1 unspecified atom stereocenters.